The molecule has 6 aliphatic rings. The van der Waals surface area contributed by atoms with Crippen molar-refractivity contribution in [3.63, 3.8) is 0 Å². The first-order valence-corrected chi connectivity index (χ1v) is 31.5. The van der Waals surface area contributed by atoms with Crippen molar-refractivity contribution < 1.29 is 28.7 Å². The fourth-order valence-electron chi connectivity index (χ4n) is 14.4. The summed E-state index contributed by atoms with van der Waals surface area (Å²) in [7, 11) is 0. The molecular weight excluding hydrogens is 1110 g/mol. The standard InChI is InChI=1S/C68H90N12O8/c1-41-9-13-45(14-10-41)25-49-29-55-61(73-65(49)85)67(5,6)39-79(55)57(81)37-77-33-43(3)71-31-51(77)35-75-21-23-87-59(63(69)83)53(75)27-47-17-19-48(20-18-47)28-54-60(64(70)84)88-24-22-76(54)36-52-32-72-44(4)34-78(52)38-58(82)80-40-68(7,8)62-56(80)30-50(66(86)74-62)26-46-15-11-42(2)12-16-46/h9-20,29-30,43-44,51-54,59-60,71-72H,21-28,31-40H2,1-8H3,(H2,69,83)(H2,70,84)(H,73,85)(H,74,86)/t43-,44-,51-,52-,53?,54?,59?,60?/m1/s1. The van der Waals surface area contributed by atoms with E-state index in [0.29, 0.717) is 115 Å². The number of nitrogens with zero attached hydrogens (tertiary/aromatic N) is 6. The summed E-state index contributed by atoms with van der Waals surface area (Å²) in [5.74, 6) is -1.14. The average Bonchev–Trinajstić information content (AvgIpc) is 1.65. The largest absolute Gasteiger partial charge is 0.367 e. The number of nitrogens with one attached hydrogen (secondary N) is 4. The molecule has 8 heterocycles. The molecule has 4 fully saturated rings. The van der Waals surface area contributed by atoms with Crippen molar-refractivity contribution in [1.82, 2.24) is 40.2 Å². The first-order chi connectivity index (χ1) is 42.0. The summed E-state index contributed by atoms with van der Waals surface area (Å²) in [6.07, 6.45) is 0.139. The minimum absolute atomic E-state index is 0.0364. The van der Waals surface area contributed by atoms with Crippen LogP contribution in [0.5, 0.6) is 0 Å². The van der Waals surface area contributed by atoms with Crippen LogP contribution >= 0.6 is 0 Å². The Labute approximate surface area is 516 Å². The lowest BCUT2D eigenvalue weighted by atomic mass is 9.91. The van der Waals surface area contributed by atoms with Crippen LogP contribution in [0.25, 0.3) is 0 Å². The second-order valence-corrected chi connectivity index (χ2v) is 27.3. The van der Waals surface area contributed by atoms with Gasteiger partial charge in [0.1, 0.15) is 0 Å². The minimum atomic E-state index is -0.860. The van der Waals surface area contributed by atoms with Crippen molar-refractivity contribution in [3.8, 4) is 0 Å². The van der Waals surface area contributed by atoms with Gasteiger partial charge in [-0.1, -0.05) is 112 Å². The van der Waals surface area contributed by atoms with Gasteiger partial charge in [0.2, 0.25) is 23.6 Å². The van der Waals surface area contributed by atoms with E-state index in [9.17, 15) is 28.8 Å². The van der Waals surface area contributed by atoms with Gasteiger partial charge in [-0.2, -0.15) is 0 Å². The first-order valence-electron chi connectivity index (χ1n) is 31.5. The Balaban J connectivity index is 0.762. The molecule has 0 saturated carbocycles. The first kappa shape index (κ1) is 62.7. The summed E-state index contributed by atoms with van der Waals surface area (Å²) in [4.78, 5) is 102. The Kier molecular flexibility index (Phi) is 18.5. The van der Waals surface area contributed by atoms with Crippen LogP contribution in [0.1, 0.15) is 97.4 Å². The molecule has 8 atom stereocenters. The number of amides is 4. The van der Waals surface area contributed by atoms with Gasteiger partial charge in [-0.15, -0.1) is 0 Å². The van der Waals surface area contributed by atoms with E-state index in [4.69, 9.17) is 20.9 Å². The van der Waals surface area contributed by atoms with Gasteiger partial charge in [-0.25, -0.2) is 0 Å². The number of carbonyl (C=O) groups excluding carboxylic acids is 4. The number of ether oxygens (including phenoxy) is 2. The maximum atomic E-state index is 14.7. The number of aromatic amines is 2. The number of aryl methyl sites for hydroxylation is 2. The van der Waals surface area contributed by atoms with Crippen molar-refractivity contribution in [2.24, 2.45) is 11.5 Å². The van der Waals surface area contributed by atoms with Crippen LogP contribution in [0, 0.1) is 13.8 Å². The van der Waals surface area contributed by atoms with Gasteiger partial charge in [0.15, 0.2) is 12.2 Å². The molecule has 470 valence electrons. The number of primary amides is 2. The van der Waals surface area contributed by atoms with Crippen molar-refractivity contribution in [1.29, 1.82) is 0 Å². The molecule has 0 bridgehead atoms. The van der Waals surface area contributed by atoms with Crippen LogP contribution < -0.4 is 43.0 Å². The molecule has 0 radical (unpaired) electrons. The molecule has 8 N–H and O–H groups in total. The fraction of sp³-hybridized carbons (Fsp3) is 0.529. The van der Waals surface area contributed by atoms with E-state index < -0.39 is 34.9 Å². The number of nitrogens with two attached hydrogens (primary N) is 2. The number of benzene rings is 3. The Morgan fingerprint density at radius 2 is 0.909 bits per heavy atom. The van der Waals surface area contributed by atoms with Gasteiger partial charge < -0.3 is 51.3 Å². The van der Waals surface area contributed by atoms with E-state index in [1.165, 1.54) is 0 Å². The summed E-state index contributed by atoms with van der Waals surface area (Å²) < 4.78 is 12.3. The molecule has 4 unspecified atom stereocenters. The van der Waals surface area contributed by atoms with Crippen LogP contribution in [0.15, 0.2) is 94.5 Å². The van der Waals surface area contributed by atoms with Crippen molar-refractivity contribution in [2.75, 3.05) is 102 Å². The van der Waals surface area contributed by atoms with Crippen LogP contribution in [0.2, 0.25) is 0 Å². The van der Waals surface area contributed by atoms with E-state index in [2.05, 4.69) is 106 Å². The quantitative estimate of drug-likeness (QED) is 0.0739. The minimum Gasteiger partial charge on any atom is -0.367 e. The van der Waals surface area contributed by atoms with E-state index in [1.807, 2.05) is 84.3 Å². The van der Waals surface area contributed by atoms with E-state index >= 15 is 0 Å². The third-order valence-electron chi connectivity index (χ3n) is 19.4. The van der Waals surface area contributed by atoms with Gasteiger partial charge >= 0.3 is 0 Å². The van der Waals surface area contributed by atoms with Crippen LogP contribution in [0.4, 0.5) is 11.4 Å². The van der Waals surface area contributed by atoms with E-state index in [0.717, 1.165) is 56.1 Å². The maximum Gasteiger partial charge on any atom is 0.251 e. The molecular formula is C68H90N12O8. The van der Waals surface area contributed by atoms with Crippen molar-refractivity contribution in [3.05, 3.63) is 162 Å². The van der Waals surface area contributed by atoms with Gasteiger partial charge in [0.05, 0.1) is 37.7 Å². The van der Waals surface area contributed by atoms with Gasteiger partial charge in [-0.3, -0.25) is 48.4 Å². The molecule has 20 nitrogen and oxygen atoms in total. The molecule has 5 aromatic rings. The number of hydrogen-bond acceptors (Lipinski definition) is 14. The SMILES string of the molecule is Cc1ccc(Cc2cc3c([nH]c2=O)C(C)(C)CN3C(=O)CN2C[C@@H](C)NC[C@@H]2CN2CCOC(C(N)=O)C2Cc2ccc(CC3C(C(N)=O)OCCN3C[C@H]3CN[C@H](C)CN3CC(=O)N3CC(C)(C)c4[nH]c(=O)c(Cc5ccc(C)cc5)cc43)cc2)cc1. The van der Waals surface area contributed by atoms with E-state index in [-0.39, 0.29) is 72.3 Å². The monoisotopic (exact) mass is 1200 g/mol. The molecule has 6 aliphatic heterocycles. The van der Waals surface area contributed by atoms with Crippen LogP contribution in [0.3, 0.4) is 0 Å². The highest BCUT2D eigenvalue weighted by molar-refractivity contribution is 5.98. The maximum absolute atomic E-state index is 14.7. The molecule has 3 aromatic carbocycles. The van der Waals surface area contributed by atoms with Gasteiger partial charge in [0.25, 0.3) is 11.1 Å². The molecule has 88 heavy (non-hydrogen) atoms. The van der Waals surface area contributed by atoms with Gasteiger partial charge in [0, 0.05) is 148 Å². The number of piperazine rings is 2. The lowest BCUT2D eigenvalue weighted by Crippen LogP contribution is -2.64. The molecule has 11 rings (SSSR count). The van der Waals surface area contributed by atoms with Crippen molar-refractivity contribution >= 4 is 35.0 Å². The third-order valence-corrected chi connectivity index (χ3v) is 19.4. The number of aromatic nitrogens is 2. The topological polar surface area (TPSA) is 248 Å². The van der Waals surface area contributed by atoms with Crippen molar-refractivity contribution in [2.45, 2.75) is 140 Å². The Morgan fingerprint density at radius 3 is 1.27 bits per heavy atom. The molecule has 4 amide bonds. The Morgan fingerprint density at radius 1 is 0.545 bits per heavy atom. The average molecular weight is 1200 g/mol. The molecule has 20 heteroatoms. The number of morpholine rings is 2. The highest BCUT2D eigenvalue weighted by Crippen LogP contribution is 2.41. The molecule has 0 spiro atoms. The predicted molar refractivity (Wildman–Crippen MR) is 341 cm³/mol. The zero-order valence-corrected chi connectivity index (χ0v) is 52.5. The lowest BCUT2D eigenvalue weighted by Gasteiger charge is -2.46. The fourth-order valence-corrected chi connectivity index (χ4v) is 14.4. The predicted octanol–water partition coefficient (Wildman–Crippen LogP) is 3.03. The zero-order chi connectivity index (χ0) is 62.3. The number of rotatable bonds is 18. The highest BCUT2D eigenvalue weighted by Gasteiger charge is 2.45. The van der Waals surface area contributed by atoms with Crippen LogP contribution in [-0.2, 0) is 65.2 Å². The second-order valence-electron chi connectivity index (χ2n) is 27.3. The number of fused-ring (bicyclic) bond motifs is 2. The third kappa shape index (κ3) is 13.8. The molecule has 0 aliphatic carbocycles. The van der Waals surface area contributed by atoms with Gasteiger partial charge in [-0.05, 0) is 74.9 Å². The summed E-state index contributed by atoms with van der Waals surface area (Å²) in [5.41, 5.74) is 21.6. The highest BCUT2D eigenvalue weighted by atomic mass is 16.5. The summed E-state index contributed by atoms with van der Waals surface area (Å²) >= 11 is 0. The smallest absolute Gasteiger partial charge is 0.251 e. The second kappa shape index (κ2) is 25.9. The Hall–Kier alpha value is -6.88. The number of anilines is 2. The number of carbonyl (C=O) groups is 4. The summed E-state index contributed by atoms with van der Waals surface area (Å²) in [6.45, 7) is 23.3. The number of hydrogen-bond donors (Lipinski definition) is 6. The van der Waals surface area contributed by atoms with Crippen LogP contribution in [-0.4, -0.2) is 193 Å². The summed E-state index contributed by atoms with van der Waals surface area (Å²) in [6, 6.07) is 27.7. The number of pyridine rings is 2. The molecule has 4 saturated heterocycles. The zero-order valence-electron chi connectivity index (χ0n) is 52.5. The lowest BCUT2D eigenvalue weighted by molar-refractivity contribution is -0.143. The summed E-state index contributed by atoms with van der Waals surface area (Å²) in [5, 5.41) is 7.29. The normalized spacial score (nSPS) is 25.8. The number of H-pyrrole nitrogens is 2. The Bertz CT molecular complexity index is 3270. The molecule has 2 aromatic heterocycles. The van der Waals surface area contributed by atoms with E-state index in [1.54, 1.807) is 0 Å².